The van der Waals surface area contributed by atoms with Gasteiger partial charge in [-0.15, -0.1) is 0 Å². The van der Waals surface area contributed by atoms with Crippen molar-refractivity contribution >= 4 is 8.07 Å². The lowest BCUT2D eigenvalue weighted by Gasteiger charge is -2.26. The number of rotatable bonds is 24. The smallest absolute Gasteiger partial charge is 0.0542 e. The van der Waals surface area contributed by atoms with E-state index in [4.69, 9.17) is 0 Å². The molecule has 0 heterocycles. The molecule has 0 radical (unpaired) electrons. The molecule has 0 saturated carbocycles. The Kier molecular flexibility index (Phi) is 23.6. The fourth-order valence-electron chi connectivity index (χ4n) is 4.70. The summed E-state index contributed by atoms with van der Waals surface area (Å²) in [6.45, 7) is 9.67. The fraction of sp³-hybridized carbons (Fsp3) is 0.931. The number of unbranched alkanes of at least 4 members (excludes halogenated alkanes) is 17. The van der Waals surface area contributed by atoms with Gasteiger partial charge in [-0.05, 0) is 18.9 Å². The van der Waals surface area contributed by atoms with Crippen molar-refractivity contribution in [3.8, 4) is 0 Å². The van der Waals surface area contributed by atoms with Crippen molar-refractivity contribution in [1.82, 2.24) is 0 Å². The third-order valence-corrected chi connectivity index (χ3v) is 11.4. The minimum absolute atomic E-state index is 1.07. The van der Waals surface area contributed by atoms with E-state index >= 15 is 0 Å². The van der Waals surface area contributed by atoms with E-state index in [0.717, 1.165) is 0 Å². The van der Waals surface area contributed by atoms with Crippen LogP contribution in [-0.4, -0.2) is 8.07 Å². The van der Waals surface area contributed by atoms with Crippen LogP contribution in [0.3, 0.4) is 0 Å². The molecule has 0 bridgehead atoms. The molecule has 0 aromatic carbocycles. The first kappa shape index (κ1) is 30.0. The zero-order valence-corrected chi connectivity index (χ0v) is 22.9. The molecular formula is C29H60Si. The van der Waals surface area contributed by atoms with E-state index in [-0.39, 0.29) is 0 Å². The second-order valence-corrected chi connectivity index (χ2v) is 15.5. The Balaban J connectivity index is 4.11. The maximum absolute atomic E-state index is 2.73. The second-order valence-electron chi connectivity index (χ2n) is 10.4. The van der Waals surface area contributed by atoms with Crippen LogP contribution in [0.4, 0.5) is 0 Å². The minimum Gasteiger partial charge on any atom is -0.0912 e. The summed E-state index contributed by atoms with van der Waals surface area (Å²) in [4.78, 5) is 0. The van der Waals surface area contributed by atoms with Crippen molar-refractivity contribution in [3.63, 3.8) is 0 Å². The van der Waals surface area contributed by atoms with E-state index < -0.39 is 8.07 Å². The molecule has 0 amide bonds. The topological polar surface area (TPSA) is 0 Å². The molecule has 1 heteroatoms. The van der Waals surface area contributed by atoms with E-state index in [9.17, 15) is 0 Å². The number of hydrogen-bond acceptors (Lipinski definition) is 0. The van der Waals surface area contributed by atoms with Crippen LogP contribution in [0.25, 0.3) is 0 Å². The largest absolute Gasteiger partial charge is 0.0912 e. The molecule has 0 saturated heterocycles. The molecule has 0 aliphatic heterocycles. The maximum Gasteiger partial charge on any atom is 0.0542 e. The Bertz CT molecular complexity index is 326. The molecule has 0 aliphatic rings. The Morgan fingerprint density at radius 3 is 1.23 bits per heavy atom. The van der Waals surface area contributed by atoms with E-state index in [1.807, 2.05) is 0 Å². The van der Waals surface area contributed by atoms with Crippen LogP contribution in [0, 0.1) is 0 Å². The molecule has 0 nitrogen and oxygen atoms in total. The van der Waals surface area contributed by atoms with E-state index in [2.05, 4.69) is 39.5 Å². The van der Waals surface area contributed by atoms with Crippen LogP contribution in [0.15, 0.2) is 12.2 Å². The van der Waals surface area contributed by atoms with E-state index in [0.29, 0.717) is 0 Å². The summed E-state index contributed by atoms with van der Waals surface area (Å²) >= 11 is 0. The predicted octanol–water partition coefficient (Wildman–Crippen LogP) is 11.5. The third-order valence-electron chi connectivity index (χ3n) is 7.02. The molecule has 30 heavy (non-hydrogen) atoms. The average molecular weight is 437 g/mol. The first-order valence-corrected chi connectivity index (χ1v) is 17.5. The fourth-order valence-corrected chi connectivity index (χ4v) is 8.30. The highest BCUT2D eigenvalue weighted by molar-refractivity contribution is 6.79. The SMILES string of the molecule is CCCCC/C=C/C[Si](C)(CCCCCCCCCC)CCCCCCCCCC. The normalized spacial score (nSPS) is 12.3. The molecular weight excluding hydrogens is 376 g/mol. The zero-order chi connectivity index (χ0) is 22.2. The minimum atomic E-state index is -1.07. The van der Waals surface area contributed by atoms with Gasteiger partial charge in [0.25, 0.3) is 0 Å². The van der Waals surface area contributed by atoms with Crippen molar-refractivity contribution in [2.45, 2.75) is 174 Å². The Morgan fingerprint density at radius 1 is 0.433 bits per heavy atom. The van der Waals surface area contributed by atoms with Gasteiger partial charge in [0.15, 0.2) is 0 Å². The van der Waals surface area contributed by atoms with Gasteiger partial charge in [-0.1, -0.05) is 167 Å². The summed E-state index contributed by atoms with van der Waals surface area (Å²) in [6, 6.07) is 4.61. The summed E-state index contributed by atoms with van der Waals surface area (Å²) in [7, 11) is -1.07. The lowest BCUT2D eigenvalue weighted by Crippen LogP contribution is -2.28. The van der Waals surface area contributed by atoms with Crippen molar-refractivity contribution in [2.75, 3.05) is 0 Å². The lowest BCUT2D eigenvalue weighted by molar-refractivity contribution is 0.579. The van der Waals surface area contributed by atoms with Gasteiger partial charge in [-0.2, -0.15) is 0 Å². The first-order valence-electron chi connectivity index (χ1n) is 14.3. The van der Waals surface area contributed by atoms with Gasteiger partial charge in [-0.3, -0.25) is 0 Å². The zero-order valence-electron chi connectivity index (χ0n) is 21.9. The summed E-state index contributed by atoms with van der Waals surface area (Å²) in [5.74, 6) is 0. The maximum atomic E-state index is 2.73. The van der Waals surface area contributed by atoms with Crippen LogP contribution < -0.4 is 0 Å². The quantitative estimate of drug-likeness (QED) is 0.0801. The number of allylic oxidation sites excluding steroid dienone is 2. The van der Waals surface area contributed by atoms with Crippen molar-refractivity contribution in [2.24, 2.45) is 0 Å². The van der Waals surface area contributed by atoms with Gasteiger partial charge in [0.1, 0.15) is 0 Å². The van der Waals surface area contributed by atoms with Gasteiger partial charge >= 0.3 is 0 Å². The molecule has 0 N–H and O–H groups in total. The van der Waals surface area contributed by atoms with Gasteiger partial charge in [0, 0.05) is 0 Å². The summed E-state index contributed by atoms with van der Waals surface area (Å²) in [6.07, 6.45) is 34.0. The summed E-state index contributed by atoms with van der Waals surface area (Å²) in [5, 5.41) is 0. The van der Waals surface area contributed by atoms with E-state index in [1.165, 1.54) is 134 Å². The van der Waals surface area contributed by atoms with Gasteiger partial charge in [0.2, 0.25) is 0 Å². The van der Waals surface area contributed by atoms with Crippen molar-refractivity contribution < 1.29 is 0 Å². The van der Waals surface area contributed by atoms with Gasteiger partial charge in [-0.25, -0.2) is 0 Å². The molecule has 0 unspecified atom stereocenters. The average Bonchev–Trinajstić information content (AvgIpc) is 2.74. The van der Waals surface area contributed by atoms with Crippen molar-refractivity contribution in [3.05, 3.63) is 12.2 Å². The highest BCUT2D eigenvalue weighted by Crippen LogP contribution is 2.28. The van der Waals surface area contributed by atoms with Gasteiger partial charge < -0.3 is 0 Å². The number of hydrogen-bond donors (Lipinski definition) is 0. The van der Waals surface area contributed by atoms with Crippen LogP contribution in [0.5, 0.6) is 0 Å². The summed E-state index contributed by atoms with van der Waals surface area (Å²) in [5.41, 5.74) is 0. The molecule has 0 rings (SSSR count). The summed E-state index contributed by atoms with van der Waals surface area (Å²) < 4.78 is 0. The Hall–Kier alpha value is -0.0431. The third kappa shape index (κ3) is 21.2. The highest BCUT2D eigenvalue weighted by atomic mass is 28.3. The Labute approximate surface area is 194 Å². The van der Waals surface area contributed by atoms with Crippen LogP contribution in [-0.2, 0) is 0 Å². The first-order chi connectivity index (χ1) is 14.7. The Morgan fingerprint density at radius 2 is 0.800 bits per heavy atom. The monoisotopic (exact) mass is 436 g/mol. The lowest BCUT2D eigenvalue weighted by atomic mass is 10.1. The molecule has 180 valence electrons. The molecule has 0 aliphatic carbocycles. The van der Waals surface area contributed by atoms with Crippen LogP contribution in [0.1, 0.15) is 149 Å². The molecule has 0 spiro atoms. The second kappa shape index (κ2) is 23.6. The molecule has 0 fully saturated rings. The van der Waals surface area contributed by atoms with E-state index in [1.54, 1.807) is 12.1 Å². The predicted molar refractivity (Wildman–Crippen MR) is 145 cm³/mol. The molecule has 0 atom stereocenters. The molecule has 0 aromatic heterocycles. The standard InChI is InChI=1S/C29H60Si/c1-5-8-11-14-17-19-22-25-28-30(4,27-24-21-16-13-10-7-3)29-26-23-20-18-15-12-9-6-2/h21,24H,5-20,22-23,25-29H2,1-4H3/b24-21+. The van der Waals surface area contributed by atoms with Gasteiger partial charge in [0.05, 0.1) is 8.07 Å². The van der Waals surface area contributed by atoms with Crippen molar-refractivity contribution in [1.29, 1.82) is 0 Å². The van der Waals surface area contributed by atoms with Crippen LogP contribution in [0.2, 0.25) is 24.7 Å². The van der Waals surface area contributed by atoms with Crippen LogP contribution >= 0.6 is 0 Å². The molecule has 0 aromatic rings. The highest BCUT2D eigenvalue weighted by Gasteiger charge is 2.24.